The van der Waals surface area contributed by atoms with Gasteiger partial charge in [-0.15, -0.1) is 0 Å². The van der Waals surface area contributed by atoms with E-state index in [1.165, 1.54) is 4.90 Å². The van der Waals surface area contributed by atoms with Gasteiger partial charge in [0.2, 0.25) is 5.91 Å². The monoisotopic (exact) mass is 247 g/mol. The van der Waals surface area contributed by atoms with Crippen LogP contribution in [0.3, 0.4) is 0 Å². The number of carbonyl (C=O) groups is 2. The van der Waals surface area contributed by atoms with E-state index >= 15 is 0 Å². The fourth-order valence-electron chi connectivity index (χ4n) is 2.54. The van der Waals surface area contributed by atoms with Crippen molar-refractivity contribution < 1.29 is 14.7 Å². The van der Waals surface area contributed by atoms with Crippen LogP contribution in [-0.4, -0.2) is 34.1 Å². The number of nitrogen functional groups attached to an aromatic ring is 1. The lowest BCUT2D eigenvalue weighted by Crippen LogP contribution is -2.40. The fraction of sp³-hybridized carbons (Fsp3) is 0.333. The lowest BCUT2D eigenvalue weighted by molar-refractivity contribution is -0.123. The number of aliphatic hydroxyl groups is 1. The second-order valence-electron chi connectivity index (χ2n) is 4.58. The van der Waals surface area contributed by atoms with Crippen LogP contribution in [0.15, 0.2) is 18.2 Å². The molecule has 2 amide bonds. The summed E-state index contributed by atoms with van der Waals surface area (Å²) in [5.41, 5.74) is 7.69. The average molecular weight is 247 g/mol. The Hall–Kier alpha value is -2.08. The van der Waals surface area contributed by atoms with Crippen LogP contribution < -0.4 is 11.1 Å². The maximum Gasteiger partial charge on any atom is 0.255 e. The minimum absolute atomic E-state index is 0.202. The van der Waals surface area contributed by atoms with Gasteiger partial charge in [0.1, 0.15) is 12.3 Å². The molecule has 1 aromatic carbocycles. The molecule has 2 aliphatic heterocycles. The molecule has 0 aromatic heterocycles. The molecule has 2 unspecified atom stereocenters. The maximum absolute atomic E-state index is 12.2. The number of hydrogen-bond donors (Lipinski definition) is 3. The topological polar surface area (TPSA) is 95.7 Å². The molecular weight excluding hydrogens is 234 g/mol. The molecule has 2 aliphatic rings. The van der Waals surface area contributed by atoms with E-state index in [0.717, 1.165) is 5.56 Å². The van der Waals surface area contributed by atoms with E-state index in [-0.39, 0.29) is 18.2 Å². The number of hydrogen-bond acceptors (Lipinski definition) is 4. The van der Waals surface area contributed by atoms with Gasteiger partial charge in [-0.2, -0.15) is 0 Å². The number of fused-ring (bicyclic) bond motifs is 1. The summed E-state index contributed by atoms with van der Waals surface area (Å²) in [5, 5.41) is 11.8. The summed E-state index contributed by atoms with van der Waals surface area (Å²) in [6, 6.07) is 4.55. The summed E-state index contributed by atoms with van der Waals surface area (Å²) in [7, 11) is 0. The van der Waals surface area contributed by atoms with Crippen molar-refractivity contribution >= 4 is 17.5 Å². The molecule has 0 radical (unpaired) electrons. The minimum Gasteiger partial charge on any atom is -0.398 e. The molecule has 6 nitrogen and oxygen atoms in total. The number of anilines is 1. The third-order valence-electron chi connectivity index (χ3n) is 3.47. The summed E-state index contributed by atoms with van der Waals surface area (Å²) in [6.45, 7) is 0.325. The molecule has 2 heterocycles. The number of aliphatic hydroxyl groups excluding tert-OH is 1. The van der Waals surface area contributed by atoms with Crippen molar-refractivity contribution in [3.63, 3.8) is 0 Å². The van der Waals surface area contributed by atoms with E-state index in [4.69, 9.17) is 5.73 Å². The van der Waals surface area contributed by atoms with E-state index in [2.05, 4.69) is 5.32 Å². The van der Waals surface area contributed by atoms with Crippen molar-refractivity contribution in [2.24, 2.45) is 0 Å². The van der Waals surface area contributed by atoms with Gasteiger partial charge in [-0.3, -0.25) is 9.59 Å². The Morgan fingerprint density at radius 3 is 2.78 bits per heavy atom. The van der Waals surface area contributed by atoms with E-state index in [0.29, 0.717) is 17.8 Å². The quantitative estimate of drug-likeness (QED) is 0.579. The van der Waals surface area contributed by atoms with Crippen molar-refractivity contribution in [2.45, 2.75) is 25.2 Å². The second-order valence-corrected chi connectivity index (χ2v) is 4.58. The summed E-state index contributed by atoms with van der Waals surface area (Å²) < 4.78 is 0. The largest absolute Gasteiger partial charge is 0.398 e. The van der Waals surface area contributed by atoms with E-state index < -0.39 is 12.3 Å². The van der Waals surface area contributed by atoms with Gasteiger partial charge in [0.05, 0.1) is 0 Å². The van der Waals surface area contributed by atoms with Crippen molar-refractivity contribution in [1.29, 1.82) is 0 Å². The zero-order chi connectivity index (χ0) is 12.9. The van der Waals surface area contributed by atoms with Crippen LogP contribution in [0.4, 0.5) is 5.69 Å². The van der Waals surface area contributed by atoms with Crippen LogP contribution in [0.25, 0.3) is 0 Å². The number of nitrogens with one attached hydrogen (secondary N) is 1. The zero-order valence-corrected chi connectivity index (χ0v) is 9.59. The van der Waals surface area contributed by atoms with Gasteiger partial charge >= 0.3 is 0 Å². The molecule has 0 spiro atoms. The predicted octanol–water partition coefficient (Wildman–Crippen LogP) is -0.569. The summed E-state index contributed by atoms with van der Waals surface area (Å²) >= 11 is 0. The van der Waals surface area contributed by atoms with Gasteiger partial charge in [-0.25, -0.2) is 0 Å². The predicted molar refractivity (Wildman–Crippen MR) is 63.3 cm³/mol. The molecule has 18 heavy (non-hydrogen) atoms. The molecule has 6 heteroatoms. The third-order valence-corrected chi connectivity index (χ3v) is 3.47. The molecule has 94 valence electrons. The molecule has 0 aliphatic carbocycles. The molecule has 4 N–H and O–H groups in total. The van der Waals surface area contributed by atoms with Gasteiger partial charge < -0.3 is 21.1 Å². The first-order chi connectivity index (χ1) is 8.58. The molecular formula is C12H13N3O3. The lowest BCUT2D eigenvalue weighted by Gasteiger charge is -2.20. The first-order valence-corrected chi connectivity index (χ1v) is 5.74. The van der Waals surface area contributed by atoms with Gasteiger partial charge in [0.25, 0.3) is 5.91 Å². The first kappa shape index (κ1) is 11.0. The SMILES string of the molecule is Nc1cccc2c1CN(C1CC(O)NC1=O)C2=O. The van der Waals surface area contributed by atoms with Crippen molar-refractivity contribution in [3.05, 3.63) is 29.3 Å². The molecule has 1 aromatic rings. The maximum atomic E-state index is 12.2. The van der Waals surface area contributed by atoms with E-state index in [9.17, 15) is 14.7 Å². The van der Waals surface area contributed by atoms with Crippen LogP contribution in [0.1, 0.15) is 22.3 Å². The molecule has 1 fully saturated rings. The highest BCUT2D eigenvalue weighted by Crippen LogP contribution is 2.30. The third kappa shape index (κ3) is 1.46. The minimum atomic E-state index is -0.878. The van der Waals surface area contributed by atoms with Crippen LogP contribution in [-0.2, 0) is 11.3 Å². The standard InChI is InChI=1S/C12H13N3O3/c13-8-3-1-2-6-7(8)5-15(12(6)18)9-4-10(16)14-11(9)17/h1-3,9-10,16H,4-5,13H2,(H,14,17). The molecule has 2 atom stereocenters. The Kier molecular flexibility index (Phi) is 2.27. The Labute approximate surface area is 103 Å². The Morgan fingerprint density at radius 1 is 1.39 bits per heavy atom. The number of nitrogens with zero attached hydrogens (tertiary/aromatic N) is 1. The highest BCUT2D eigenvalue weighted by molar-refractivity contribution is 6.02. The Balaban J connectivity index is 1.93. The number of benzene rings is 1. The van der Waals surface area contributed by atoms with Crippen molar-refractivity contribution in [2.75, 3.05) is 5.73 Å². The van der Waals surface area contributed by atoms with Crippen molar-refractivity contribution in [3.8, 4) is 0 Å². The average Bonchev–Trinajstić information content (AvgIpc) is 2.81. The summed E-state index contributed by atoms with van der Waals surface area (Å²) in [4.78, 5) is 25.3. The van der Waals surface area contributed by atoms with Crippen LogP contribution in [0.5, 0.6) is 0 Å². The number of nitrogens with two attached hydrogens (primary N) is 1. The highest BCUT2D eigenvalue weighted by Gasteiger charge is 2.41. The second kappa shape index (κ2) is 3.71. The number of rotatable bonds is 1. The Morgan fingerprint density at radius 2 is 2.17 bits per heavy atom. The van der Waals surface area contributed by atoms with Crippen LogP contribution in [0.2, 0.25) is 0 Å². The first-order valence-electron chi connectivity index (χ1n) is 5.74. The highest BCUT2D eigenvalue weighted by atomic mass is 16.3. The number of amides is 2. The molecule has 1 saturated heterocycles. The molecule has 0 bridgehead atoms. The molecule has 3 rings (SSSR count). The zero-order valence-electron chi connectivity index (χ0n) is 9.59. The number of carbonyl (C=O) groups excluding carboxylic acids is 2. The van der Waals surface area contributed by atoms with E-state index in [1.807, 2.05) is 0 Å². The van der Waals surface area contributed by atoms with Gasteiger partial charge in [-0.05, 0) is 12.1 Å². The van der Waals surface area contributed by atoms with Gasteiger partial charge in [0, 0.05) is 29.8 Å². The van der Waals surface area contributed by atoms with Crippen LogP contribution in [0, 0.1) is 0 Å². The Bertz CT molecular complexity index is 543. The lowest BCUT2D eigenvalue weighted by atomic mass is 10.1. The van der Waals surface area contributed by atoms with Crippen LogP contribution >= 0.6 is 0 Å². The van der Waals surface area contributed by atoms with Crippen molar-refractivity contribution in [1.82, 2.24) is 10.2 Å². The molecule has 0 saturated carbocycles. The smallest absolute Gasteiger partial charge is 0.255 e. The fourth-order valence-corrected chi connectivity index (χ4v) is 2.54. The summed E-state index contributed by atoms with van der Waals surface area (Å²) in [5.74, 6) is -0.520. The normalized spacial score (nSPS) is 26.4. The van der Waals surface area contributed by atoms with E-state index in [1.54, 1.807) is 18.2 Å². The summed E-state index contributed by atoms with van der Waals surface area (Å²) in [6.07, 6.45) is -0.658. The van der Waals surface area contributed by atoms with Gasteiger partial charge in [0.15, 0.2) is 0 Å². The van der Waals surface area contributed by atoms with Gasteiger partial charge in [-0.1, -0.05) is 6.07 Å².